The van der Waals surface area contributed by atoms with E-state index in [1.165, 1.54) is 19.3 Å². The van der Waals surface area contributed by atoms with E-state index in [1.54, 1.807) is 0 Å². The topological polar surface area (TPSA) is 29.5 Å². The van der Waals surface area contributed by atoms with Crippen LogP contribution in [0.2, 0.25) is 0 Å². The molecule has 2 aliphatic rings. The summed E-state index contributed by atoms with van der Waals surface area (Å²) in [7, 11) is 0. The molecule has 1 aliphatic heterocycles. The van der Waals surface area contributed by atoms with Gasteiger partial charge in [0.15, 0.2) is 0 Å². The van der Waals surface area contributed by atoms with Gasteiger partial charge in [0.2, 0.25) is 0 Å². The van der Waals surface area contributed by atoms with Crippen LogP contribution in [0.1, 0.15) is 39.0 Å². The third-order valence-corrected chi connectivity index (χ3v) is 2.23. The normalized spacial score (nSPS) is 30.5. The number of ether oxygens (including phenoxy) is 1. The fourth-order valence-corrected chi connectivity index (χ4v) is 1.13. The second-order valence-corrected chi connectivity index (χ2v) is 3.41. The van der Waals surface area contributed by atoms with Gasteiger partial charge < -0.3 is 9.84 Å². The SMILES string of the molecule is CC1CCCO1.OC1CCC1. The van der Waals surface area contributed by atoms with E-state index in [2.05, 4.69) is 6.92 Å². The molecule has 2 rings (SSSR count). The molecule has 1 saturated carbocycles. The van der Waals surface area contributed by atoms with Crippen LogP contribution in [0.15, 0.2) is 0 Å². The molecule has 0 bridgehead atoms. The van der Waals surface area contributed by atoms with Crippen LogP contribution in [0, 0.1) is 0 Å². The van der Waals surface area contributed by atoms with Crippen molar-refractivity contribution in [3.05, 3.63) is 0 Å². The predicted octanol–water partition coefficient (Wildman–Crippen LogP) is 1.72. The van der Waals surface area contributed by atoms with E-state index in [1.807, 2.05) is 0 Å². The Bertz CT molecular complexity index is 93.7. The average Bonchev–Trinajstić information content (AvgIpc) is 2.36. The second-order valence-electron chi connectivity index (χ2n) is 3.41. The maximum atomic E-state index is 8.45. The van der Waals surface area contributed by atoms with Crippen LogP contribution in [0.5, 0.6) is 0 Å². The van der Waals surface area contributed by atoms with Gasteiger partial charge in [0.05, 0.1) is 12.2 Å². The van der Waals surface area contributed by atoms with Gasteiger partial charge in [0.1, 0.15) is 0 Å². The smallest absolute Gasteiger partial charge is 0.0547 e. The zero-order chi connectivity index (χ0) is 8.10. The fourth-order valence-electron chi connectivity index (χ4n) is 1.13. The lowest BCUT2D eigenvalue weighted by molar-refractivity contribution is 0.0950. The highest BCUT2D eigenvalue weighted by molar-refractivity contribution is 4.65. The summed E-state index contributed by atoms with van der Waals surface area (Å²) < 4.78 is 5.15. The monoisotopic (exact) mass is 158 g/mol. The van der Waals surface area contributed by atoms with Crippen molar-refractivity contribution in [2.75, 3.05) is 6.61 Å². The molecule has 1 atom stereocenters. The Kier molecular flexibility index (Phi) is 3.87. The minimum atomic E-state index is 0.0648. The summed E-state index contributed by atoms with van der Waals surface area (Å²) in [5.74, 6) is 0. The van der Waals surface area contributed by atoms with Gasteiger partial charge in [-0.05, 0) is 39.0 Å². The molecular formula is C9H18O2. The highest BCUT2D eigenvalue weighted by Crippen LogP contribution is 2.16. The van der Waals surface area contributed by atoms with Crippen molar-refractivity contribution in [3.63, 3.8) is 0 Å². The molecule has 1 unspecified atom stereocenters. The third kappa shape index (κ3) is 3.73. The molecule has 0 aromatic heterocycles. The minimum Gasteiger partial charge on any atom is -0.393 e. The maximum absolute atomic E-state index is 8.45. The highest BCUT2D eigenvalue weighted by atomic mass is 16.5. The van der Waals surface area contributed by atoms with Gasteiger partial charge in [-0.2, -0.15) is 0 Å². The van der Waals surface area contributed by atoms with Crippen LogP contribution < -0.4 is 0 Å². The van der Waals surface area contributed by atoms with E-state index in [-0.39, 0.29) is 6.10 Å². The molecule has 1 N–H and O–H groups in total. The highest BCUT2D eigenvalue weighted by Gasteiger charge is 2.11. The van der Waals surface area contributed by atoms with Crippen molar-refractivity contribution in [2.45, 2.75) is 51.2 Å². The molecule has 66 valence electrons. The van der Waals surface area contributed by atoms with E-state index in [0.717, 1.165) is 19.4 Å². The summed E-state index contributed by atoms with van der Waals surface area (Å²) in [6.07, 6.45) is 6.46. The van der Waals surface area contributed by atoms with Gasteiger partial charge in [-0.3, -0.25) is 0 Å². The molecule has 1 aliphatic carbocycles. The Morgan fingerprint density at radius 1 is 1.18 bits per heavy atom. The summed E-state index contributed by atoms with van der Waals surface area (Å²) >= 11 is 0. The zero-order valence-electron chi connectivity index (χ0n) is 7.25. The standard InChI is InChI=1S/C5H10O.C4H8O/c1-5-3-2-4-6-5;5-4-2-1-3-4/h5H,2-4H2,1H3;4-5H,1-3H2. The molecule has 1 heterocycles. The van der Waals surface area contributed by atoms with Crippen molar-refractivity contribution in [3.8, 4) is 0 Å². The van der Waals surface area contributed by atoms with Gasteiger partial charge in [-0.25, -0.2) is 0 Å². The zero-order valence-corrected chi connectivity index (χ0v) is 7.25. The van der Waals surface area contributed by atoms with Crippen LogP contribution in [0.25, 0.3) is 0 Å². The van der Waals surface area contributed by atoms with Crippen molar-refractivity contribution in [2.24, 2.45) is 0 Å². The van der Waals surface area contributed by atoms with E-state index >= 15 is 0 Å². The van der Waals surface area contributed by atoms with E-state index in [9.17, 15) is 0 Å². The quantitative estimate of drug-likeness (QED) is 0.581. The largest absolute Gasteiger partial charge is 0.393 e. The first-order valence-electron chi connectivity index (χ1n) is 4.58. The maximum Gasteiger partial charge on any atom is 0.0547 e. The summed E-state index contributed by atoms with van der Waals surface area (Å²) in [6, 6.07) is 0. The Hall–Kier alpha value is -0.0800. The van der Waals surface area contributed by atoms with Crippen molar-refractivity contribution < 1.29 is 9.84 Å². The Morgan fingerprint density at radius 3 is 1.91 bits per heavy atom. The molecule has 0 spiro atoms. The summed E-state index contributed by atoms with van der Waals surface area (Å²) in [4.78, 5) is 0. The Balaban J connectivity index is 0.000000112. The van der Waals surface area contributed by atoms with Crippen LogP contribution in [-0.2, 0) is 4.74 Å². The van der Waals surface area contributed by atoms with Crippen LogP contribution in [-0.4, -0.2) is 23.9 Å². The summed E-state index contributed by atoms with van der Waals surface area (Å²) in [6.45, 7) is 3.11. The first-order chi connectivity index (χ1) is 5.29. The molecule has 0 radical (unpaired) electrons. The minimum absolute atomic E-state index is 0.0648. The number of rotatable bonds is 0. The first kappa shape index (κ1) is 9.01. The Labute approximate surface area is 68.6 Å². The summed E-state index contributed by atoms with van der Waals surface area (Å²) in [5, 5.41) is 8.45. The number of hydrogen-bond acceptors (Lipinski definition) is 2. The van der Waals surface area contributed by atoms with E-state index in [0.29, 0.717) is 6.10 Å². The van der Waals surface area contributed by atoms with Gasteiger partial charge >= 0.3 is 0 Å². The molecule has 0 aromatic rings. The lowest BCUT2D eigenvalue weighted by atomic mass is 9.97. The molecule has 2 nitrogen and oxygen atoms in total. The summed E-state index contributed by atoms with van der Waals surface area (Å²) in [5.41, 5.74) is 0. The van der Waals surface area contributed by atoms with Crippen LogP contribution in [0.4, 0.5) is 0 Å². The van der Waals surface area contributed by atoms with Crippen molar-refractivity contribution in [1.82, 2.24) is 0 Å². The lowest BCUT2D eigenvalue weighted by Gasteiger charge is -2.17. The van der Waals surface area contributed by atoms with Crippen LogP contribution in [0.3, 0.4) is 0 Å². The number of aliphatic hydroxyl groups excluding tert-OH is 1. The molecule has 2 fully saturated rings. The van der Waals surface area contributed by atoms with E-state index in [4.69, 9.17) is 9.84 Å². The lowest BCUT2D eigenvalue weighted by Crippen LogP contribution is -2.15. The number of aliphatic hydroxyl groups is 1. The molecule has 0 amide bonds. The molecule has 1 saturated heterocycles. The fraction of sp³-hybridized carbons (Fsp3) is 1.00. The second kappa shape index (κ2) is 4.73. The van der Waals surface area contributed by atoms with Gasteiger partial charge in [0.25, 0.3) is 0 Å². The predicted molar refractivity (Wildman–Crippen MR) is 44.5 cm³/mol. The van der Waals surface area contributed by atoms with Crippen molar-refractivity contribution in [1.29, 1.82) is 0 Å². The molecule has 2 heteroatoms. The third-order valence-electron chi connectivity index (χ3n) is 2.23. The molecular weight excluding hydrogens is 140 g/mol. The Morgan fingerprint density at radius 2 is 1.82 bits per heavy atom. The molecule has 0 aromatic carbocycles. The first-order valence-corrected chi connectivity index (χ1v) is 4.58. The van der Waals surface area contributed by atoms with Gasteiger partial charge in [-0.15, -0.1) is 0 Å². The molecule has 11 heavy (non-hydrogen) atoms. The van der Waals surface area contributed by atoms with Crippen molar-refractivity contribution >= 4 is 0 Å². The van der Waals surface area contributed by atoms with Gasteiger partial charge in [-0.1, -0.05) is 0 Å². The van der Waals surface area contributed by atoms with E-state index < -0.39 is 0 Å². The van der Waals surface area contributed by atoms with Gasteiger partial charge in [0, 0.05) is 6.61 Å². The number of hydrogen-bond donors (Lipinski definition) is 1. The van der Waals surface area contributed by atoms with Crippen LogP contribution >= 0.6 is 0 Å². The average molecular weight is 158 g/mol.